The van der Waals surface area contributed by atoms with Gasteiger partial charge in [-0.3, -0.25) is 0 Å². The average Bonchev–Trinajstić information content (AvgIpc) is 2.83. The highest BCUT2D eigenvalue weighted by atomic mass is 35.5. The van der Waals surface area contributed by atoms with Crippen LogP contribution >= 0.6 is 11.6 Å². The minimum Gasteiger partial charge on any atom is -0.354 e. The molecule has 0 saturated heterocycles. The zero-order valence-electron chi connectivity index (χ0n) is 21.5. The van der Waals surface area contributed by atoms with Gasteiger partial charge in [-0.05, 0) is 62.2 Å². The van der Waals surface area contributed by atoms with Gasteiger partial charge in [0.1, 0.15) is 0 Å². The summed E-state index contributed by atoms with van der Waals surface area (Å²) in [6, 6.07) is 18.7. The Bertz CT molecular complexity index is 1370. The Kier molecular flexibility index (Phi) is 11.3. The molecule has 2 N–H and O–H groups in total. The fourth-order valence-electron chi connectivity index (χ4n) is 3.22. The van der Waals surface area contributed by atoms with Crippen molar-refractivity contribution in [3.05, 3.63) is 94.0 Å². The van der Waals surface area contributed by atoms with Gasteiger partial charge in [0.2, 0.25) is 20.0 Å². The summed E-state index contributed by atoms with van der Waals surface area (Å²) in [4.78, 5) is 0.375. The van der Waals surface area contributed by atoms with Crippen molar-refractivity contribution in [3.63, 3.8) is 0 Å². The summed E-state index contributed by atoms with van der Waals surface area (Å²) in [5.74, 6) is 0. The van der Waals surface area contributed by atoms with E-state index in [0.29, 0.717) is 5.02 Å². The molecule has 3 rings (SSSR count). The third-order valence-corrected chi connectivity index (χ3v) is 8.55. The zero-order valence-corrected chi connectivity index (χ0v) is 23.9. The second-order valence-corrected chi connectivity index (χ2v) is 12.4. The second kappa shape index (κ2) is 13.5. The highest BCUT2D eigenvalue weighted by molar-refractivity contribution is 7.89. The quantitative estimate of drug-likeness (QED) is 0.382. The number of sulfonamides is 2. The van der Waals surface area contributed by atoms with Crippen LogP contribution < -0.4 is 5.14 Å². The third kappa shape index (κ3) is 9.19. The van der Waals surface area contributed by atoms with Crippen LogP contribution in [0, 0.1) is 20.8 Å². The molecule has 3 aromatic rings. The van der Waals surface area contributed by atoms with Crippen molar-refractivity contribution in [1.29, 1.82) is 0 Å². The van der Waals surface area contributed by atoms with E-state index in [1.165, 1.54) is 30.7 Å². The maximum absolute atomic E-state index is 13.2. The van der Waals surface area contributed by atoms with Crippen LogP contribution in [0.1, 0.15) is 22.3 Å². The van der Waals surface area contributed by atoms with Crippen LogP contribution in [-0.4, -0.2) is 48.2 Å². The molecule has 0 saturated carbocycles. The number of nitrogens with two attached hydrogens (primary N) is 1. The summed E-state index contributed by atoms with van der Waals surface area (Å²) < 4.78 is 59.5. The molecule has 0 atom stereocenters. The lowest BCUT2D eigenvalue weighted by Crippen LogP contribution is -2.38. The Morgan fingerprint density at radius 1 is 0.784 bits per heavy atom. The normalized spacial score (nSPS) is 11.9. The van der Waals surface area contributed by atoms with Crippen molar-refractivity contribution >= 4 is 31.6 Å². The van der Waals surface area contributed by atoms with E-state index in [4.69, 9.17) is 26.2 Å². The molecule has 0 aromatic heterocycles. The lowest BCUT2D eigenvalue weighted by molar-refractivity contribution is -0.108. The van der Waals surface area contributed by atoms with Gasteiger partial charge in [-0.2, -0.15) is 4.31 Å². The fourth-order valence-corrected chi connectivity index (χ4v) is 5.43. The highest BCUT2D eigenvalue weighted by Crippen LogP contribution is 2.24. The van der Waals surface area contributed by atoms with Crippen LogP contribution in [0.5, 0.6) is 0 Å². The van der Waals surface area contributed by atoms with Gasteiger partial charge in [0, 0.05) is 25.8 Å². The lowest BCUT2D eigenvalue weighted by Gasteiger charge is -2.26. The SMILES string of the molecule is COC(CN(Cc1ccc(C)cc1Cl)S(=O)(=O)c1ccc(C)cc1)OC.Cc1ccc(S(N)(=O)=O)cc1. The Balaban J connectivity index is 0.000000364. The minimum atomic E-state index is -3.74. The summed E-state index contributed by atoms with van der Waals surface area (Å²) in [6.45, 7) is 5.90. The second-order valence-electron chi connectivity index (χ2n) is 8.46. The fraction of sp³-hybridized carbons (Fsp3) is 0.308. The first-order valence-electron chi connectivity index (χ1n) is 11.2. The van der Waals surface area contributed by atoms with E-state index < -0.39 is 26.3 Å². The molecule has 11 heteroatoms. The monoisotopic (exact) mass is 568 g/mol. The van der Waals surface area contributed by atoms with E-state index in [9.17, 15) is 16.8 Å². The predicted molar refractivity (Wildman–Crippen MR) is 145 cm³/mol. The van der Waals surface area contributed by atoms with E-state index >= 15 is 0 Å². The zero-order chi connectivity index (χ0) is 27.8. The van der Waals surface area contributed by atoms with E-state index in [-0.39, 0.29) is 22.9 Å². The first kappa shape index (κ1) is 30.9. The molecular formula is C26H33ClN2O6S2. The van der Waals surface area contributed by atoms with Crippen molar-refractivity contribution in [3.8, 4) is 0 Å². The molecule has 0 aliphatic carbocycles. The molecule has 0 fully saturated rings. The largest absolute Gasteiger partial charge is 0.354 e. The smallest absolute Gasteiger partial charge is 0.243 e. The van der Waals surface area contributed by atoms with Gasteiger partial charge in [-0.25, -0.2) is 22.0 Å². The van der Waals surface area contributed by atoms with Gasteiger partial charge in [0.25, 0.3) is 0 Å². The Morgan fingerprint density at radius 2 is 1.24 bits per heavy atom. The summed E-state index contributed by atoms with van der Waals surface area (Å²) in [5, 5.41) is 5.41. The molecule has 0 aliphatic rings. The van der Waals surface area contributed by atoms with Crippen LogP contribution in [0.15, 0.2) is 76.5 Å². The van der Waals surface area contributed by atoms with Crippen LogP contribution in [-0.2, 0) is 36.1 Å². The summed E-state index contributed by atoms with van der Waals surface area (Å²) in [6.07, 6.45) is -0.681. The van der Waals surface area contributed by atoms with Crippen LogP contribution in [0.2, 0.25) is 5.02 Å². The maximum Gasteiger partial charge on any atom is 0.243 e. The molecule has 0 spiro atoms. The van der Waals surface area contributed by atoms with E-state index in [2.05, 4.69) is 0 Å². The van der Waals surface area contributed by atoms with E-state index in [1.807, 2.05) is 39.0 Å². The molecule has 3 aromatic carbocycles. The molecule has 0 aliphatic heterocycles. The van der Waals surface area contributed by atoms with Crippen LogP contribution in [0.3, 0.4) is 0 Å². The number of primary sulfonamides is 1. The molecule has 0 bridgehead atoms. The Hall–Kier alpha value is -2.31. The van der Waals surface area contributed by atoms with E-state index in [0.717, 1.165) is 22.3 Å². The summed E-state index contributed by atoms with van der Waals surface area (Å²) in [5.41, 5.74) is 3.73. The molecule has 202 valence electrons. The van der Waals surface area contributed by atoms with Gasteiger partial charge < -0.3 is 9.47 Å². The van der Waals surface area contributed by atoms with Gasteiger partial charge in [0.15, 0.2) is 6.29 Å². The number of ether oxygens (including phenoxy) is 2. The van der Waals surface area contributed by atoms with Gasteiger partial charge in [-0.15, -0.1) is 0 Å². The Morgan fingerprint density at radius 3 is 1.68 bits per heavy atom. The summed E-state index contributed by atoms with van der Waals surface area (Å²) in [7, 11) is -4.31. The molecule has 37 heavy (non-hydrogen) atoms. The minimum absolute atomic E-state index is 0.0490. The van der Waals surface area contributed by atoms with Crippen molar-refractivity contribution in [2.24, 2.45) is 5.14 Å². The Labute approximate surface area is 225 Å². The number of methoxy groups -OCH3 is 2. The predicted octanol–water partition coefficient (Wildman–Crippen LogP) is 4.41. The van der Waals surface area contributed by atoms with Crippen LogP contribution in [0.4, 0.5) is 0 Å². The number of nitrogens with zero attached hydrogens (tertiary/aromatic N) is 1. The average molecular weight is 569 g/mol. The van der Waals surface area contributed by atoms with Crippen molar-refractivity contribution in [2.45, 2.75) is 43.4 Å². The number of rotatable bonds is 9. The van der Waals surface area contributed by atoms with Crippen molar-refractivity contribution < 1.29 is 26.3 Å². The third-order valence-electron chi connectivity index (χ3n) is 5.44. The molecule has 0 amide bonds. The summed E-state index contributed by atoms with van der Waals surface area (Å²) >= 11 is 6.31. The number of hydrogen-bond donors (Lipinski definition) is 1. The van der Waals surface area contributed by atoms with Gasteiger partial charge in [0.05, 0.1) is 16.3 Å². The number of benzene rings is 3. The van der Waals surface area contributed by atoms with Gasteiger partial charge >= 0.3 is 0 Å². The number of halogens is 1. The van der Waals surface area contributed by atoms with E-state index in [1.54, 1.807) is 36.4 Å². The first-order valence-corrected chi connectivity index (χ1v) is 14.6. The first-order chi connectivity index (χ1) is 17.3. The number of hydrogen-bond acceptors (Lipinski definition) is 6. The van der Waals surface area contributed by atoms with Gasteiger partial charge in [-0.1, -0.05) is 59.1 Å². The molecule has 0 heterocycles. The maximum atomic E-state index is 13.2. The van der Waals surface area contributed by atoms with Crippen molar-refractivity contribution in [2.75, 3.05) is 20.8 Å². The van der Waals surface area contributed by atoms with Crippen molar-refractivity contribution in [1.82, 2.24) is 4.31 Å². The molecule has 0 unspecified atom stereocenters. The highest BCUT2D eigenvalue weighted by Gasteiger charge is 2.28. The standard InChI is InChI=1S/C19H24ClNO4S.C7H9NO2S/c1-14-6-9-17(10-7-14)26(22,23)21(13-19(24-3)25-4)12-16-8-5-15(2)11-18(16)20;1-6-2-4-7(5-3-6)11(8,9)10/h5-11,19H,12-13H2,1-4H3;2-5H,1H3,(H2,8,9,10). The molecule has 8 nitrogen and oxygen atoms in total. The molecule has 0 radical (unpaired) electrons. The van der Waals surface area contributed by atoms with Crippen LogP contribution in [0.25, 0.3) is 0 Å². The molecular weight excluding hydrogens is 536 g/mol. The topological polar surface area (TPSA) is 116 Å². The lowest BCUT2D eigenvalue weighted by atomic mass is 10.1. The number of aryl methyl sites for hydroxylation is 3.